The van der Waals surface area contributed by atoms with Crippen LogP contribution in [0, 0.1) is 0 Å². The van der Waals surface area contributed by atoms with Gasteiger partial charge in [0, 0.05) is 43.5 Å². The molecule has 3 aromatic rings. The number of hydrogen-bond acceptors (Lipinski definition) is 4. The molecule has 0 aliphatic carbocycles. The molecule has 1 aliphatic rings. The lowest BCUT2D eigenvalue weighted by atomic mass is 10.1. The van der Waals surface area contributed by atoms with E-state index in [0.717, 1.165) is 17.0 Å². The van der Waals surface area contributed by atoms with Gasteiger partial charge in [-0.1, -0.05) is 6.07 Å². The lowest BCUT2D eigenvalue weighted by Crippen LogP contribution is -2.50. The van der Waals surface area contributed by atoms with Crippen molar-refractivity contribution < 1.29 is 27.6 Å². The molecule has 6 nitrogen and oxygen atoms in total. The Hall–Kier alpha value is -3.14. The fraction of sp³-hybridized carbons (Fsp3) is 0.250. The van der Waals surface area contributed by atoms with Gasteiger partial charge >= 0.3 is 6.18 Å². The molecule has 0 unspecified atom stereocenters. The van der Waals surface area contributed by atoms with Crippen LogP contribution < -0.4 is 0 Å². The van der Waals surface area contributed by atoms with E-state index in [1.807, 2.05) is 12.1 Å². The van der Waals surface area contributed by atoms with Crippen molar-refractivity contribution in [2.75, 3.05) is 26.2 Å². The van der Waals surface area contributed by atoms with Crippen LogP contribution in [-0.4, -0.2) is 64.7 Å². The molecule has 1 N–H and O–H groups in total. The molecule has 1 saturated heterocycles. The van der Waals surface area contributed by atoms with Gasteiger partial charge in [0.15, 0.2) is 0 Å². The summed E-state index contributed by atoms with van der Waals surface area (Å²) in [6, 6.07) is 9.54. The van der Waals surface area contributed by atoms with Gasteiger partial charge in [0.25, 0.3) is 17.6 Å². The lowest BCUT2D eigenvalue weighted by Gasteiger charge is -2.34. The summed E-state index contributed by atoms with van der Waals surface area (Å²) in [6.45, 7) is 1.14. The van der Waals surface area contributed by atoms with Crippen LogP contribution in [0.2, 0.25) is 0 Å². The van der Waals surface area contributed by atoms with E-state index < -0.39 is 22.7 Å². The minimum absolute atomic E-state index is 0.0690. The van der Waals surface area contributed by atoms with Crippen molar-refractivity contribution in [1.29, 1.82) is 0 Å². The Balaban J connectivity index is 1.39. The first-order valence-corrected chi connectivity index (χ1v) is 9.93. The van der Waals surface area contributed by atoms with Crippen LogP contribution in [0.1, 0.15) is 29.7 Å². The first-order chi connectivity index (χ1) is 14.2. The summed E-state index contributed by atoms with van der Waals surface area (Å²) in [6.07, 6.45) is -3.18. The Labute approximate surface area is 172 Å². The molecule has 0 radical (unpaired) electrons. The van der Waals surface area contributed by atoms with E-state index in [9.17, 15) is 27.6 Å². The number of alkyl halides is 3. The number of fused-ring (bicyclic) bond motifs is 1. The summed E-state index contributed by atoms with van der Waals surface area (Å²) in [7, 11) is 0. The third-order valence-corrected chi connectivity index (χ3v) is 6.03. The van der Waals surface area contributed by atoms with Crippen molar-refractivity contribution in [1.82, 2.24) is 14.8 Å². The highest BCUT2D eigenvalue weighted by atomic mass is 32.1. The molecule has 0 atom stereocenters. The summed E-state index contributed by atoms with van der Waals surface area (Å²) in [4.78, 5) is 42.4. The first kappa shape index (κ1) is 20.1. The molecule has 2 aromatic heterocycles. The van der Waals surface area contributed by atoms with Gasteiger partial charge in [-0.2, -0.15) is 13.2 Å². The molecule has 156 valence electrons. The predicted octanol–water partition coefficient (Wildman–Crippen LogP) is 3.57. The second-order valence-corrected chi connectivity index (χ2v) is 7.94. The number of carbonyl (C=O) groups excluding carboxylic acids is 3. The Morgan fingerprint density at radius 1 is 0.867 bits per heavy atom. The number of amides is 2. The highest BCUT2D eigenvalue weighted by Crippen LogP contribution is 2.27. The van der Waals surface area contributed by atoms with E-state index in [1.165, 1.54) is 11.0 Å². The van der Waals surface area contributed by atoms with Crippen LogP contribution in [0.15, 0.2) is 42.6 Å². The normalized spacial score (nSPS) is 14.9. The van der Waals surface area contributed by atoms with Gasteiger partial charge in [-0.05, 0) is 35.7 Å². The van der Waals surface area contributed by atoms with Crippen molar-refractivity contribution in [2.24, 2.45) is 0 Å². The smallest absolute Gasteiger partial charge is 0.361 e. The molecule has 0 spiro atoms. The van der Waals surface area contributed by atoms with Crippen LogP contribution in [0.5, 0.6) is 0 Å². The molecule has 1 aliphatic heterocycles. The van der Waals surface area contributed by atoms with Crippen LogP contribution in [0.3, 0.4) is 0 Å². The number of rotatable bonds is 3. The molecule has 30 heavy (non-hydrogen) atoms. The molecule has 4 rings (SSSR count). The van der Waals surface area contributed by atoms with Gasteiger partial charge in [0.1, 0.15) is 0 Å². The van der Waals surface area contributed by atoms with Gasteiger partial charge in [-0.3, -0.25) is 14.4 Å². The number of piperazine rings is 1. The zero-order valence-corrected chi connectivity index (χ0v) is 16.3. The molecule has 2 amide bonds. The largest absolute Gasteiger partial charge is 0.455 e. The zero-order valence-electron chi connectivity index (χ0n) is 15.5. The maximum absolute atomic E-state index is 12.8. The van der Waals surface area contributed by atoms with E-state index in [2.05, 4.69) is 4.98 Å². The first-order valence-electron chi connectivity index (χ1n) is 9.11. The second kappa shape index (κ2) is 7.60. The van der Waals surface area contributed by atoms with Gasteiger partial charge in [0.2, 0.25) is 0 Å². The fourth-order valence-electron chi connectivity index (χ4n) is 3.35. The Morgan fingerprint density at radius 2 is 1.50 bits per heavy atom. The highest BCUT2D eigenvalue weighted by molar-refractivity contribution is 7.16. The number of H-pyrrole nitrogens is 1. The number of nitrogens with one attached hydrogen (secondary N) is 1. The Bertz CT molecular complexity index is 1130. The summed E-state index contributed by atoms with van der Waals surface area (Å²) in [5.41, 5.74) is 1.40. The molecule has 1 aromatic carbocycles. The topological polar surface area (TPSA) is 73.5 Å². The average Bonchev–Trinajstić information content (AvgIpc) is 3.40. The van der Waals surface area contributed by atoms with Crippen molar-refractivity contribution >= 4 is 39.8 Å². The van der Waals surface area contributed by atoms with Crippen LogP contribution in [0.4, 0.5) is 13.2 Å². The molecular weight excluding hydrogens is 419 g/mol. The van der Waals surface area contributed by atoms with Crippen LogP contribution in [-0.2, 0) is 0 Å². The Kier molecular flexibility index (Phi) is 5.10. The third-order valence-electron chi connectivity index (χ3n) is 4.95. The van der Waals surface area contributed by atoms with E-state index >= 15 is 0 Å². The van der Waals surface area contributed by atoms with Gasteiger partial charge in [0.05, 0.1) is 9.75 Å². The van der Waals surface area contributed by atoms with Crippen molar-refractivity contribution in [2.45, 2.75) is 6.18 Å². The summed E-state index contributed by atoms with van der Waals surface area (Å²) in [5, 5.41) is 1.00. The standard InChI is InChI=1S/C20H16F3N3O3S/c21-20(22,23)17(27)15-3-4-16(30-15)19(29)26-9-7-25(8-10-26)18(28)13-2-1-12-5-6-24-14(12)11-13/h1-6,11,24H,7-10H2. The molecule has 3 heterocycles. The minimum Gasteiger partial charge on any atom is -0.361 e. The quantitative estimate of drug-likeness (QED) is 0.640. The second-order valence-electron chi connectivity index (χ2n) is 6.85. The van der Waals surface area contributed by atoms with Crippen LogP contribution in [0.25, 0.3) is 10.9 Å². The monoisotopic (exact) mass is 435 g/mol. The van der Waals surface area contributed by atoms with Crippen molar-refractivity contribution in [3.05, 3.63) is 57.9 Å². The van der Waals surface area contributed by atoms with Crippen LogP contribution >= 0.6 is 11.3 Å². The maximum atomic E-state index is 12.8. The third kappa shape index (κ3) is 3.82. The van der Waals surface area contributed by atoms with Gasteiger partial charge in [-0.15, -0.1) is 11.3 Å². The minimum atomic E-state index is -4.97. The number of nitrogens with zero attached hydrogens (tertiary/aromatic N) is 2. The Morgan fingerprint density at radius 3 is 2.17 bits per heavy atom. The molecule has 10 heteroatoms. The van der Waals surface area contributed by atoms with Gasteiger partial charge in [-0.25, -0.2) is 0 Å². The molecule has 0 saturated carbocycles. The maximum Gasteiger partial charge on any atom is 0.455 e. The number of halogens is 3. The number of ketones is 1. The predicted molar refractivity (Wildman–Crippen MR) is 105 cm³/mol. The molecule has 1 fully saturated rings. The summed E-state index contributed by atoms with van der Waals surface area (Å²) in [5.74, 6) is -2.55. The van der Waals surface area contributed by atoms with E-state index in [0.29, 0.717) is 30.0 Å². The van der Waals surface area contributed by atoms with E-state index in [-0.39, 0.29) is 23.9 Å². The average molecular weight is 435 g/mol. The number of aromatic amines is 1. The van der Waals surface area contributed by atoms with Gasteiger partial charge < -0.3 is 14.8 Å². The summed E-state index contributed by atoms with van der Waals surface area (Å²) < 4.78 is 37.6. The molecule has 0 bridgehead atoms. The lowest BCUT2D eigenvalue weighted by molar-refractivity contribution is -0.0882. The number of carbonyl (C=O) groups is 3. The van der Waals surface area contributed by atoms with E-state index in [4.69, 9.17) is 0 Å². The number of benzene rings is 1. The van der Waals surface area contributed by atoms with Crippen molar-refractivity contribution in [3.63, 3.8) is 0 Å². The number of Topliss-reactive ketones (excluding diaryl/α,β-unsaturated/α-hetero) is 1. The number of hydrogen-bond donors (Lipinski definition) is 1. The number of aromatic nitrogens is 1. The number of thiophene rings is 1. The van der Waals surface area contributed by atoms with E-state index in [1.54, 1.807) is 23.2 Å². The highest BCUT2D eigenvalue weighted by Gasteiger charge is 2.40. The fourth-order valence-corrected chi connectivity index (χ4v) is 4.28. The SMILES string of the molecule is O=C(c1ccc2cc[nH]c2c1)N1CCN(C(=O)c2ccc(C(=O)C(F)(F)F)s2)CC1. The molecular formula is C20H16F3N3O3S. The summed E-state index contributed by atoms with van der Waals surface area (Å²) >= 11 is 0.531. The van der Waals surface area contributed by atoms with Crippen molar-refractivity contribution in [3.8, 4) is 0 Å². The zero-order chi connectivity index (χ0) is 21.5.